The number of esters is 1. The van der Waals surface area contributed by atoms with Gasteiger partial charge in [-0.2, -0.15) is 0 Å². The van der Waals surface area contributed by atoms with E-state index in [0.717, 1.165) is 6.08 Å². The smallest absolute Gasteiger partial charge is 0.331 e. The van der Waals surface area contributed by atoms with Crippen LogP contribution in [0.4, 0.5) is 0 Å². The molecular formula is C23H26O10. The van der Waals surface area contributed by atoms with Gasteiger partial charge < -0.3 is 44.8 Å². The van der Waals surface area contributed by atoms with Crippen LogP contribution in [-0.4, -0.2) is 73.9 Å². The molecule has 1 fully saturated rings. The van der Waals surface area contributed by atoms with Crippen molar-refractivity contribution < 1.29 is 49.6 Å². The molecule has 0 amide bonds. The fraction of sp³-hybridized carbons (Fsp3) is 0.348. The molecule has 1 heterocycles. The van der Waals surface area contributed by atoms with E-state index in [-0.39, 0.29) is 29.6 Å². The second kappa shape index (κ2) is 10.5. The van der Waals surface area contributed by atoms with Crippen molar-refractivity contribution in [1.29, 1.82) is 0 Å². The zero-order chi connectivity index (χ0) is 24.1. The third-order valence-electron chi connectivity index (χ3n) is 5.15. The summed E-state index contributed by atoms with van der Waals surface area (Å²) in [7, 11) is 0. The summed E-state index contributed by atoms with van der Waals surface area (Å²) in [5.41, 5.74) is 1.12. The Labute approximate surface area is 189 Å². The van der Waals surface area contributed by atoms with Crippen molar-refractivity contribution in [1.82, 2.24) is 0 Å². The van der Waals surface area contributed by atoms with Gasteiger partial charge in [-0.15, -0.1) is 0 Å². The third kappa shape index (κ3) is 6.14. The Morgan fingerprint density at radius 2 is 1.64 bits per heavy atom. The second-order valence-electron chi connectivity index (χ2n) is 7.62. The second-order valence-corrected chi connectivity index (χ2v) is 7.62. The molecule has 0 spiro atoms. The van der Waals surface area contributed by atoms with E-state index in [9.17, 15) is 35.4 Å². The molecule has 0 bridgehead atoms. The molecule has 10 heteroatoms. The van der Waals surface area contributed by atoms with Gasteiger partial charge in [0.2, 0.25) is 0 Å². The normalized spacial score (nSPS) is 25.2. The van der Waals surface area contributed by atoms with Crippen LogP contribution in [0.1, 0.15) is 18.1 Å². The number of carbonyl (C=O) groups excluding carboxylic acids is 1. The van der Waals surface area contributed by atoms with Gasteiger partial charge in [0.25, 0.3) is 0 Å². The number of aliphatic hydroxyl groups excluding tert-OH is 2. The maximum atomic E-state index is 12.2. The number of rotatable bonds is 7. The van der Waals surface area contributed by atoms with Crippen LogP contribution < -0.4 is 0 Å². The summed E-state index contributed by atoms with van der Waals surface area (Å²) in [5, 5.41) is 58.5. The molecule has 5 unspecified atom stereocenters. The van der Waals surface area contributed by atoms with Crippen molar-refractivity contribution >= 4 is 12.0 Å². The minimum absolute atomic E-state index is 0.0953. The van der Waals surface area contributed by atoms with Crippen molar-refractivity contribution in [2.75, 3.05) is 6.61 Å². The van der Waals surface area contributed by atoms with E-state index in [0.29, 0.717) is 17.5 Å². The summed E-state index contributed by atoms with van der Waals surface area (Å²) in [6.07, 6.45) is -3.27. The van der Waals surface area contributed by atoms with E-state index >= 15 is 0 Å². The van der Waals surface area contributed by atoms with Crippen LogP contribution >= 0.6 is 0 Å². The van der Waals surface area contributed by atoms with E-state index in [1.54, 1.807) is 13.0 Å². The van der Waals surface area contributed by atoms with Crippen molar-refractivity contribution in [3.8, 4) is 23.0 Å². The molecule has 0 aromatic heterocycles. The van der Waals surface area contributed by atoms with Gasteiger partial charge in [0, 0.05) is 6.08 Å². The van der Waals surface area contributed by atoms with E-state index in [4.69, 9.17) is 14.2 Å². The zero-order valence-electron chi connectivity index (χ0n) is 17.7. The van der Waals surface area contributed by atoms with Gasteiger partial charge in [-0.3, -0.25) is 0 Å². The highest BCUT2D eigenvalue weighted by molar-refractivity contribution is 5.87. The first-order valence-electron chi connectivity index (χ1n) is 10.2. The van der Waals surface area contributed by atoms with Crippen molar-refractivity contribution in [2.24, 2.45) is 0 Å². The number of carbonyl (C=O) groups is 1. The lowest BCUT2D eigenvalue weighted by molar-refractivity contribution is -0.294. The van der Waals surface area contributed by atoms with Crippen LogP contribution in [0, 0.1) is 0 Å². The number of aliphatic hydroxyl groups is 2. The standard InChI is InChI=1S/C23H26O10/c1-12-22(33-19(28)7-4-13-2-5-15(24)17(26)10-13)20(29)21(30)23(32-12)31-9-8-14-3-6-16(25)18(27)11-14/h2-7,10-12,20-27,29-30H,8-9H2,1H3. The number of phenols is 4. The van der Waals surface area contributed by atoms with Gasteiger partial charge in [0.1, 0.15) is 12.2 Å². The Hall–Kier alpha value is -3.31. The van der Waals surface area contributed by atoms with Crippen LogP contribution in [-0.2, 0) is 25.4 Å². The summed E-state index contributed by atoms with van der Waals surface area (Å²) < 4.78 is 16.3. The lowest BCUT2D eigenvalue weighted by Gasteiger charge is -2.40. The molecule has 2 aromatic carbocycles. The average molecular weight is 462 g/mol. The maximum absolute atomic E-state index is 12.2. The van der Waals surface area contributed by atoms with Gasteiger partial charge in [0.15, 0.2) is 35.4 Å². The Morgan fingerprint density at radius 3 is 2.30 bits per heavy atom. The molecule has 0 aliphatic carbocycles. The summed E-state index contributed by atoms with van der Waals surface area (Å²) in [6.45, 7) is 1.65. The van der Waals surface area contributed by atoms with Gasteiger partial charge >= 0.3 is 5.97 Å². The predicted octanol–water partition coefficient (Wildman–Crippen LogP) is 1.16. The summed E-state index contributed by atoms with van der Waals surface area (Å²) in [5.74, 6) is -1.93. The molecule has 3 rings (SSSR count). The van der Waals surface area contributed by atoms with E-state index in [2.05, 4.69) is 0 Å². The Kier molecular flexibility index (Phi) is 7.77. The Morgan fingerprint density at radius 1 is 0.970 bits per heavy atom. The number of ether oxygens (including phenoxy) is 3. The van der Waals surface area contributed by atoms with Crippen molar-refractivity contribution in [2.45, 2.75) is 44.1 Å². The number of hydrogen-bond donors (Lipinski definition) is 6. The van der Waals surface area contributed by atoms with E-state index in [1.807, 2.05) is 0 Å². The molecule has 1 saturated heterocycles. The first-order chi connectivity index (χ1) is 15.7. The lowest BCUT2D eigenvalue weighted by Crippen LogP contribution is -2.58. The molecule has 1 aliphatic rings. The maximum Gasteiger partial charge on any atom is 0.331 e. The SMILES string of the molecule is CC1OC(OCCc2ccc(O)c(O)c2)C(O)C(O)C1OC(=O)C=Cc1ccc(O)c(O)c1. The quantitative estimate of drug-likeness (QED) is 0.200. The largest absolute Gasteiger partial charge is 0.504 e. The third-order valence-corrected chi connectivity index (χ3v) is 5.15. The molecule has 0 saturated carbocycles. The number of benzene rings is 2. The monoisotopic (exact) mass is 462 g/mol. The predicted molar refractivity (Wildman–Crippen MR) is 114 cm³/mol. The highest BCUT2D eigenvalue weighted by atomic mass is 16.7. The summed E-state index contributed by atoms with van der Waals surface area (Å²) in [4.78, 5) is 12.2. The van der Waals surface area contributed by atoms with Gasteiger partial charge in [-0.25, -0.2) is 4.79 Å². The first kappa shape index (κ1) is 24.3. The lowest BCUT2D eigenvalue weighted by atomic mass is 9.99. The molecule has 33 heavy (non-hydrogen) atoms. The highest BCUT2D eigenvalue weighted by Gasteiger charge is 2.45. The number of phenolic OH excluding ortho intramolecular Hbond substituents is 4. The highest BCUT2D eigenvalue weighted by Crippen LogP contribution is 2.27. The van der Waals surface area contributed by atoms with Crippen molar-refractivity contribution in [3.63, 3.8) is 0 Å². The first-order valence-corrected chi connectivity index (χ1v) is 10.2. The van der Waals surface area contributed by atoms with Crippen LogP contribution in [0.25, 0.3) is 6.08 Å². The number of aromatic hydroxyl groups is 4. The fourth-order valence-corrected chi connectivity index (χ4v) is 3.31. The van der Waals surface area contributed by atoms with Crippen LogP contribution in [0.15, 0.2) is 42.5 Å². The fourth-order valence-electron chi connectivity index (χ4n) is 3.31. The molecular weight excluding hydrogens is 436 g/mol. The molecule has 0 radical (unpaired) electrons. The molecule has 1 aliphatic heterocycles. The van der Waals surface area contributed by atoms with Gasteiger partial charge in [0.05, 0.1) is 12.7 Å². The van der Waals surface area contributed by atoms with E-state index in [1.165, 1.54) is 36.4 Å². The Balaban J connectivity index is 1.52. The Bertz CT molecular complexity index is 1000. The minimum atomic E-state index is -1.48. The molecule has 6 N–H and O–H groups in total. The summed E-state index contributed by atoms with van der Waals surface area (Å²) >= 11 is 0. The number of hydrogen-bond acceptors (Lipinski definition) is 10. The molecule has 10 nitrogen and oxygen atoms in total. The molecule has 2 aromatic rings. The van der Waals surface area contributed by atoms with Crippen LogP contribution in [0.2, 0.25) is 0 Å². The molecule has 178 valence electrons. The van der Waals surface area contributed by atoms with E-state index < -0.39 is 36.7 Å². The molecule has 5 atom stereocenters. The summed E-state index contributed by atoms with van der Waals surface area (Å²) in [6, 6.07) is 8.34. The minimum Gasteiger partial charge on any atom is -0.504 e. The average Bonchev–Trinajstić information content (AvgIpc) is 2.78. The van der Waals surface area contributed by atoms with Crippen molar-refractivity contribution in [3.05, 3.63) is 53.6 Å². The van der Waals surface area contributed by atoms with Crippen LogP contribution in [0.5, 0.6) is 23.0 Å². The van der Waals surface area contributed by atoms with Gasteiger partial charge in [-0.1, -0.05) is 12.1 Å². The topological polar surface area (TPSA) is 166 Å². The van der Waals surface area contributed by atoms with Crippen LogP contribution in [0.3, 0.4) is 0 Å². The zero-order valence-corrected chi connectivity index (χ0v) is 17.7. The van der Waals surface area contributed by atoms with Gasteiger partial charge in [-0.05, 0) is 54.8 Å².